The molecule has 24 heavy (non-hydrogen) atoms. The highest BCUT2D eigenvalue weighted by Crippen LogP contribution is 2.42. The van der Waals surface area contributed by atoms with Gasteiger partial charge in [0.05, 0.1) is 0 Å². The molecule has 4 rings (SSSR count). The summed E-state index contributed by atoms with van der Waals surface area (Å²) in [6.07, 6.45) is 8.32. The number of rotatable bonds is 4. The fourth-order valence-corrected chi connectivity index (χ4v) is 4.26. The molecule has 1 N–H and O–H groups in total. The van der Waals surface area contributed by atoms with Crippen molar-refractivity contribution in [3.05, 3.63) is 12.3 Å². The molecule has 0 radical (unpaired) electrons. The maximum atomic E-state index is 12.2. The van der Waals surface area contributed by atoms with Crippen molar-refractivity contribution in [3.8, 4) is 0 Å². The number of amides is 1. The molecule has 1 aliphatic carbocycles. The molecule has 3 fully saturated rings. The first-order valence-corrected chi connectivity index (χ1v) is 9.30. The molecule has 1 spiro atoms. The van der Waals surface area contributed by atoms with E-state index in [-0.39, 0.29) is 5.41 Å². The summed E-state index contributed by atoms with van der Waals surface area (Å²) < 4.78 is 0. The van der Waals surface area contributed by atoms with Gasteiger partial charge in [-0.05, 0) is 45.1 Å². The second-order valence-corrected chi connectivity index (χ2v) is 7.55. The average Bonchev–Trinajstić information content (AvgIpc) is 3.43. The minimum Gasteiger partial charge on any atom is -0.370 e. The summed E-state index contributed by atoms with van der Waals surface area (Å²) >= 11 is 0. The summed E-state index contributed by atoms with van der Waals surface area (Å²) in [6.45, 7) is 5.84. The van der Waals surface area contributed by atoms with Crippen molar-refractivity contribution in [1.29, 1.82) is 0 Å². The van der Waals surface area contributed by atoms with Gasteiger partial charge in [0.2, 0.25) is 11.9 Å². The van der Waals surface area contributed by atoms with Crippen molar-refractivity contribution in [2.45, 2.75) is 51.5 Å². The van der Waals surface area contributed by atoms with E-state index < -0.39 is 0 Å². The molecule has 1 amide bonds. The molecule has 1 saturated carbocycles. The van der Waals surface area contributed by atoms with Gasteiger partial charge in [0.1, 0.15) is 5.82 Å². The van der Waals surface area contributed by atoms with E-state index in [0.717, 1.165) is 50.8 Å². The number of anilines is 2. The third-order valence-electron chi connectivity index (χ3n) is 5.63. The normalized spacial score (nSPS) is 27.6. The highest BCUT2D eigenvalue weighted by molar-refractivity contribution is 5.78. The van der Waals surface area contributed by atoms with Crippen LogP contribution in [0.4, 0.5) is 11.8 Å². The van der Waals surface area contributed by atoms with Crippen molar-refractivity contribution < 1.29 is 4.79 Å². The third kappa shape index (κ3) is 3.06. The molecule has 6 heteroatoms. The maximum Gasteiger partial charge on any atom is 0.227 e. The Balaban J connectivity index is 1.51. The predicted molar refractivity (Wildman–Crippen MR) is 94.0 cm³/mol. The SMILES string of the molecule is CCNc1ccnc(N2CCC[C@@]3(CCC(=O)N(C4CC4)C3)C2)n1. The molecular formula is C18H27N5O. The van der Waals surface area contributed by atoms with Crippen LogP contribution in [0.1, 0.15) is 45.4 Å². The Morgan fingerprint density at radius 3 is 3.00 bits per heavy atom. The smallest absolute Gasteiger partial charge is 0.227 e. The summed E-state index contributed by atoms with van der Waals surface area (Å²) in [5, 5.41) is 3.26. The molecule has 3 heterocycles. The summed E-state index contributed by atoms with van der Waals surface area (Å²) in [5.74, 6) is 2.08. The minimum absolute atomic E-state index is 0.228. The molecule has 1 aromatic rings. The zero-order chi connectivity index (χ0) is 16.6. The molecule has 0 aromatic carbocycles. The fourth-order valence-electron chi connectivity index (χ4n) is 4.26. The number of nitrogens with zero attached hydrogens (tertiary/aromatic N) is 4. The predicted octanol–water partition coefficient (Wildman–Crippen LogP) is 2.28. The van der Waals surface area contributed by atoms with Crippen LogP contribution in [0, 0.1) is 5.41 Å². The van der Waals surface area contributed by atoms with Crippen LogP contribution < -0.4 is 10.2 Å². The molecule has 6 nitrogen and oxygen atoms in total. The Labute approximate surface area is 143 Å². The lowest BCUT2D eigenvalue weighted by Gasteiger charge is -2.48. The second kappa shape index (κ2) is 6.22. The van der Waals surface area contributed by atoms with Crippen molar-refractivity contribution in [2.75, 3.05) is 36.4 Å². The van der Waals surface area contributed by atoms with Gasteiger partial charge in [-0.3, -0.25) is 4.79 Å². The molecule has 2 aliphatic heterocycles. The first kappa shape index (κ1) is 15.7. The first-order chi connectivity index (χ1) is 11.7. The van der Waals surface area contributed by atoms with Crippen molar-refractivity contribution in [1.82, 2.24) is 14.9 Å². The highest BCUT2D eigenvalue weighted by atomic mass is 16.2. The van der Waals surface area contributed by atoms with Gasteiger partial charge >= 0.3 is 0 Å². The van der Waals surface area contributed by atoms with Crippen LogP contribution in [0.2, 0.25) is 0 Å². The van der Waals surface area contributed by atoms with E-state index in [9.17, 15) is 4.79 Å². The van der Waals surface area contributed by atoms with Gasteiger partial charge in [-0.25, -0.2) is 4.98 Å². The quantitative estimate of drug-likeness (QED) is 0.918. The Kier molecular flexibility index (Phi) is 4.06. The number of hydrogen-bond donors (Lipinski definition) is 1. The lowest BCUT2D eigenvalue weighted by Crippen LogP contribution is -2.54. The van der Waals surface area contributed by atoms with Gasteiger partial charge in [-0.15, -0.1) is 0 Å². The fraction of sp³-hybridized carbons (Fsp3) is 0.722. The number of piperidine rings is 2. The highest BCUT2D eigenvalue weighted by Gasteiger charge is 2.45. The van der Waals surface area contributed by atoms with E-state index in [1.54, 1.807) is 0 Å². The van der Waals surface area contributed by atoms with E-state index in [1.807, 2.05) is 12.3 Å². The monoisotopic (exact) mass is 329 g/mol. The van der Waals surface area contributed by atoms with Gasteiger partial charge in [0, 0.05) is 50.3 Å². The van der Waals surface area contributed by atoms with Crippen molar-refractivity contribution in [2.24, 2.45) is 5.41 Å². The van der Waals surface area contributed by atoms with Gasteiger partial charge in [-0.2, -0.15) is 4.98 Å². The van der Waals surface area contributed by atoms with E-state index in [1.165, 1.54) is 19.3 Å². The Bertz CT molecular complexity index is 617. The Morgan fingerprint density at radius 1 is 1.33 bits per heavy atom. The molecule has 1 atom stereocenters. The topological polar surface area (TPSA) is 61.4 Å². The van der Waals surface area contributed by atoms with E-state index >= 15 is 0 Å². The van der Waals surface area contributed by atoms with Crippen LogP contribution >= 0.6 is 0 Å². The molecule has 2 saturated heterocycles. The standard InChI is InChI=1S/C18H27N5O/c1-2-19-15-7-10-20-17(21-15)22-11-3-8-18(12-22)9-6-16(24)23(13-18)14-4-5-14/h7,10,14H,2-6,8-9,11-13H2,1H3,(H,19,20,21)/t18-/m1/s1. The lowest BCUT2D eigenvalue weighted by atomic mass is 9.73. The van der Waals surface area contributed by atoms with Crippen LogP contribution in [0.15, 0.2) is 12.3 Å². The van der Waals surface area contributed by atoms with E-state index in [0.29, 0.717) is 18.4 Å². The molecule has 130 valence electrons. The van der Waals surface area contributed by atoms with Crippen LogP contribution in [0.25, 0.3) is 0 Å². The number of hydrogen-bond acceptors (Lipinski definition) is 5. The third-order valence-corrected chi connectivity index (χ3v) is 5.63. The lowest BCUT2D eigenvalue weighted by molar-refractivity contribution is -0.138. The summed E-state index contributed by atoms with van der Waals surface area (Å²) in [4.78, 5) is 25.9. The van der Waals surface area contributed by atoms with Gasteiger partial charge in [-0.1, -0.05) is 0 Å². The average molecular weight is 329 g/mol. The number of carbonyl (C=O) groups excluding carboxylic acids is 1. The second-order valence-electron chi connectivity index (χ2n) is 7.55. The van der Waals surface area contributed by atoms with Gasteiger partial charge in [0.15, 0.2) is 0 Å². The van der Waals surface area contributed by atoms with Crippen LogP contribution in [0.5, 0.6) is 0 Å². The van der Waals surface area contributed by atoms with Crippen molar-refractivity contribution in [3.63, 3.8) is 0 Å². The number of nitrogens with one attached hydrogen (secondary N) is 1. The van der Waals surface area contributed by atoms with Crippen LogP contribution in [0.3, 0.4) is 0 Å². The van der Waals surface area contributed by atoms with Gasteiger partial charge in [0.25, 0.3) is 0 Å². The summed E-state index contributed by atoms with van der Waals surface area (Å²) in [7, 11) is 0. The summed E-state index contributed by atoms with van der Waals surface area (Å²) in [6, 6.07) is 2.44. The zero-order valence-corrected chi connectivity index (χ0v) is 14.5. The molecule has 0 bridgehead atoms. The molecule has 1 aromatic heterocycles. The minimum atomic E-state index is 0.228. The zero-order valence-electron chi connectivity index (χ0n) is 14.5. The van der Waals surface area contributed by atoms with Crippen LogP contribution in [-0.2, 0) is 4.79 Å². The largest absolute Gasteiger partial charge is 0.370 e. The number of carbonyl (C=O) groups is 1. The molecule has 3 aliphatic rings. The molecule has 0 unspecified atom stereocenters. The number of likely N-dealkylation sites (tertiary alicyclic amines) is 1. The van der Waals surface area contributed by atoms with E-state index in [2.05, 4.69) is 32.0 Å². The van der Waals surface area contributed by atoms with Crippen LogP contribution in [-0.4, -0.2) is 53.0 Å². The Morgan fingerprint density at radius 2 is 2.21 bits per heavy atom. The summed E-state index contributed by atoms with van der Waals surface area (Å²) in [5.41, 5.74) is 0.228. The first-order valence-electron chi connectivity index (χ1n) is 9.30. The van der Waals surface area contributed by atoms with Gasteiger partial charge < -0.3 is 15.1 Å². The maximum absolute atomic E-state index is 12.2. The van der Waals surface area contributed by atoms with E-state index in [4.69, 9.17) is 0 Å². The van der Waals surface area contributed by atoms with Crippen molar-refractivity contribution >= 4 is 17.7 Å². The number of aromatic nitrogens is 2. The molecular weight excluding hydrogens is 302 g/mol. The Hall–Kier alpha value is -1.85.